The molecule has 94 valence electrons. The maximum Gasteiger partial charge on any atom is 0.273 e. The smallest absolute Gasteiger partial charge is 0.273 e. The number of phenols is 1. The number of halogens is 2. The minimum Gasteiger partial charge on any atom is -0.508 e. The first-order chi connectivity index (χ1) is 8.08. The van der Waals surface area contributed by atoms with Gasteiger partial charge in [-0.15, -0.1) is 0 Å². The van der Waals surface area contributed by atoms with Crippen molar-refractivity contribution in [2.75, 3.05) is 13.1 Å². The number of phenolic OH excluding ortho intramolecular Hbond substituents is 1. The van der Waals surface area contributed by atoms with E-state index in [0.717, 1.165) is 25.5 Å². The Labute approximate surface area is 99.7 Å². The molecule has 1 aliphatic rings. The van der Waals surface area contributed by atoms with E-state index in [0.29, 0.717) is 6.54 Å². The van der Waals surface area contributed by atoms with E-state index in [1.807, 2.05) is 0 Å². The van der Waals surface area contributed by atoms with Crippen molar-refractivity contribution in [3.8, 4) is 5.75 Å². The molecule has 1 heterocycles. The zero-order chi connectivity index (χ0) is 12.3. The summed E-state index contributed by atoms with van der Waals surface area (Å²) in [5, 5.41) is 12.4. The highest BCUT2D eigenvalue weighted by molar-refractivity contribution is 5.30. The average Bonchev–Trinajstić information content (AvgIpc) is 2.30. The van der Waals surface area contributed by atoms with Crippen molar-refractivity contribution in [3.63, 3.8) is 0 Å². The monoisotopic (exact) mass is 241 g/mol. The van der Waals surface area contributed by atoms with Crippen molar-refractivity contribution in [2.45, 2.75) is 25.2 Å². The third kappa shape index (κ3) is 3.16. The molecule has 0 spiro atoms. The van der Waals surface area contributed by atoms with Crippen molar-refractivity contribution in [1.29, 1.82) is 0 Å². The van der Waals surface area contributed by atoms with Crippen LogP contribution in [0.3, 0.4) is 0 Å². The molecule has 1 aromatic carbocycles. The first kappa shape index (κ1) is 12.3. The van der Waals surface area contributed by atoms with E-state index >= 15 is 0 Å². The average molecular weight is 241 g/mol. The fraction of sp³-hybridized carbons (Fsp3) is 0.538. The highest BCUT2D eigenvalue weighted by Gasteiger charge is 2.35. The van der Waals surface area contributed by atoms with Gasteiger partial charge in [-0.1, -0.05) is 12.1 Å². The van der Waals surface area contributed by atoms with E-state index in [1.54, 1.807) is 0 Å². The van der Waals surface area contributed by atoms with Crippen LogP contribution in [0.4, 0.5) is 8.78 Å². The summed E-state index contributed by atoms with van der Waals surface area (Å²) in [7, 11) is 0. The van der Waals surface area contributed by atoms with Crippen LogP contribution < -0.4 is 5.32 Å². The molecule has 0 saturated carbocycles. The van der Waals surface area contributed by atoms with Crippen LogP contribution in [0.1, 0.15) is 24.8 Å². The fourth-order valence-electron chi connectivity index (χ4n) is 2.31. The van der Waals surface area contributed by atoms with Crippen molar-refractivity contribution in [2.24, 2.45) is 5.92 Å². The molecular weight excluding hydrogens is 224 g/mol. The lowest BCUT2D eigenvalue weighted by molar-refractivity contribution is -0.0319. The maximum absolute atomic E-state index is 14.0. The Morgan fingerprint density at radius 1 is 1.41 bits per heavy atom. The third-order valence-corrected chi connectivity index (χ3v) is 3.21. The second-order valence-corrected chi connectivity index (χ2v) is 4.67. The Morgan fingerprint density at radius 2 is 2.24 bits per heavy atom. The summed E-state index contributed by atoms with van der Waals surface area (Å²) < 4.78 is 28.0. The van der Waals surface area contributed by atoms with Gasteiger partial charge >= 0.3 is 0 Å². The number of nitrogens with one attached hydrogen (secondary N) is 1. The van der Waals surface area contributed by atoms with Gasteiger partial charge in [-0.3, -0.25) is 0 Å². The van der Waals surface area contributed by atoms with Gasteiger partial charge in [0.25, 0.3) is 5.92 Å². The van der Waals surface area contributed by atoms with Crippen LogP contribution >= 0.6 is 0 Å². The van der Waals surface area contributed by atoms with E-state index in [-0.39, 0.29) is 23.7 Å². The Balaban J connectivity index is 2.06. The van der Waals surface area contributed by atoms with Crippen molar-refractivity contribution < 1.29 is 13.9 Å². The molecule has 0 amide bonds. The van der Waals surface area contributed by atoms with Crippen LogP contribution in [0.2, 0.25) is 0 Å². The molecule has 1 saturated heterocycles. The van der Waals surface area contributed by atoms with Crippen LogP contribution in [0, 0.1) is 5.92 Å². The number of hydrogen-bond acceptors (Lipinski definition) is 2. The van der Waals surface area contributed by atoms with Gasteiger partial charge in [0.1, 0.15) is 5.75 Å². The van der Waals surface area contributed by atoms with Gasteiger partial charge in [0.15, 0.2) is 0 Å². The molecule has 1 unspecified atom stereocenters. The lowest BCUT2D eigenvalue weighted by atomic mass is 9.90. The van der Waals surface area contributed by atoms with Gasteiger partial charge in [0.05, 0.1) is 0 Å². The summed E-state index contributed by atoms with van der Waals surface area (Å²) in [4.78, 5) is 0. The molecule has 0 radical (unpaired) electrons. The number of alkyl halides is 2. The van der Waals surface area contributed by atoms with E-state index in [1.165, 1.54) is 18.2 Å². The Bertz CT molecular complexity index is 375. The standard InChI is InChI=1S/C13H17F2NO/c14-13(15,8-10-3-2-6-16-9-10)11-4-1-5-12(17)7-11/h1,4-5,7,10,16-17H,2-3,6,8-9H2. The van der Waals surface area contributed by atoms with Crippen LogP contribution in [0.5, 0.6) is 5.75 Å². The maximum atomic E-state index is 14.0. The lowest BCUT2D eigenvalue weighted by Crippen LogP contribution is -2.33. The van der Waals surface area contributed by atoms with E-state index < -0.39 is 5.92 Å². The zero-order valence-electron chi connectivity index (χ0n) is 9.63. The van der Waals surface area contributed by atoms with Gasteiger partial charge in [-0.05, 0) is 44.0 Å². The lowest BCUT2D eigenvalue weighted by Gasteiger charge is -2.27. The van der Waals surface area contributed by atoms with E-state index in [2.05, 4.69) is 5.32 Å². The van der Waals surface area contributed by atoms with Crippen molar-refractivity contribution >= 4 is 0 Å². The topological polar surface area (TPSA) is 32.3 Å². The molecule has 17 heavy (non-hydrogen) atoms. The van der Waals surface area contributed by atoms with E-state index in [4.69, 9.17) is 0 Å². The molecule has 4 heteroatoms. The quantitative estimate of drug-likeness (QED) is 0.852. The van der Waals surface area contributed by atoms with Crippen LogP contribution in [0.15, 0.2) is 24.3 Å². The van der Waals surface area contributed by atoms with Gasteiger partial charge in [-0.2, -0.15) is 0 Å². The summed E-state index contributed by atoms with van der Waals surface area (Å²) in [5.74, 6) is -2.95. The Hall–Kier alpha value is -1.16. The molecule has 0 aromatic heterocycles. The highest BCUT2D eigenvalue weighted by Crippen LogP contribution is 2.37. The van der Waals surface area contributed by atoms with Gasteiger partial charge in [0, 0.05) is 12.0 Å². The molecule has 2 N–H and O–H groups in total. The SMILES string of the molecule is Oc1cccc(C(F)(F)CC2CCCNC2)c1. The normalized spacial score (nSPS) is 21.4. The van der Waals surface area contributed by atoms with Crippen LogP contribution in [0.25, 0.3) is 0 Å². The van der Waals surface area contributed by atoms with Gasteiger partial charge in [-0.25, -0.2) is 8.78 Å². The second-order valence-electron chi connectivity index (χ2n) is 4.67. The first-order valence-electron chi connectivity index (χ1n) is 5.96. The van der Waals surface area contributed by atoms with Crippen LogP contribution in [-0.2, 0) is 5.92 Å². The molecule has 2 rings (SSSR count). The number of hydrogen-bond donors (Lipinski definition) is 2. The van der Waals surface area contributed by atoms with E-state index in [9.17, 15) is 13.9 Å². The molecule has 1 aromatic rings. The van der Waals surface area contributed by atoms with Gasteiger partial charge < -0.3 is 10.4 Å². The van der Waals surface area contributed by atoms with Crippen molar-refractivity contribution in [1.82, 2.24) is 5.32 Å². The predicted molar refractivity (Wildman–Crippen MR) is 62.2 cm³/mol. The minimum atomic E-state index is -2.86. The third-order valence-electron chi connectivity index (χ3n) is 3.21. The molecular formula is C13H17F2NO. The largest absolute Gasteiger partial charge is 0.508 e. The molecule has 1 fully saturated rings. The zero-order valence-corrected chi connectivity index (χ0v) is 9.63. The number of benzene rings is 1. The second kappa shape index (κ2) is 5.00. The Kier molecular flexibility index (Phi) is 3.62. The fourth-order valence-corrected chi connectivity index (χ4v) is 2.31. The minimum absolute atomic E-state index is 0.0149. The number of piperidine rings is 1. The summed E-state index contributed by atoms with van der Waals surface area (Å²) in [6, 6.07) is 5.38. The summed E-state index contributed by atoms with van der Waals surface area (Å²) >= 11 is 0. The number of rotatable bonds is 3. The Morgan fingerprint density at radius 3 is 2.88 bits per heavy atom. The molecule has 1 atom stereocenters. The molecule has 0 aliphatic carbocycles. The summed E-state index contributed by atoms with van der Waals surface area (Å²) in [5.41, 5.74) is -0.0944. The predicted octanol–water partition coefficient (Wildman–Crippen LogP) is 2.87. The van der Waals surface area contributed by atoms with Crippen LogP contribution in [-0.4, -0.2) is 18.2 Å². The number of aromatic hydroxyl groups is 1. The molecule has 0 bridgehead atoms. The summed E-state index contributed by atoms with van der Waals surface area (Å²) in [6.45, 7) is 1.59. The summed E-state index contributed by atoms with van der Waals surface area (Å²) in [6.07, 6.45) is 1.66. The molecule has 2 nitrogen and oxygen atoms in total. The first-order valence-corrected chi connectivity index (χ1v) is 5.96. The van der Waals surface area contributed by atoms with Crippen molar-refractivity contribution in [3.05, 3.63) is 29.8 Å². The molecule has 1 aliphatic heterocycles. The van der Waals surface area contributed by atoms with Gasteiger partial charge in [0.2, 0.25) is 0 Å². The highest BCUT2D eigenvalue weighted by atomic mass is 19.3.